The second-order valence-electron chi connectivity index (χ2n) is 7.97. The van der Waals surface area contributed by atoms with Gasteiger partial charge in [0.25, 0.3) is 5.91 Å². The number of anilines is 1. The zero-order valence-electron chi connectivity index (χ0n) is 18.0. The van der Waals surface area contributed by atoms with Crippen molar-refractivity contribution in [2.75, 3.05) is 18.5 Å². The van der Waals surface area contributed by atoms with Crippen LogP contribution in [0.2, 0.25) is 5.02 Å². The Morgan fingerprint density at radius 3 is 2.69 bits per heavy atom. The minimum atomic E-state index is -1.65. The maximum atomic E-state index is 14.1. The molecule has 4 N–H and O–H groups in total. The zero-order chi connectivity index (χ0) is 23.5. The number of aliphatic hydroxyl groups is 2. The Balaban J connectivity index is 1.95. The van der Waals surface area contributed by atoms with Crippen molar-refractivity contribution < 1.29 is 19.4 Å². The molecule has 2 atom stereocenters. The fourth-order valence-electron chi connectivity index (χ4n) is 2.95. The van der Waals surface area contributed by atoms with Gasteiger partial charge in [0.2, 0.25) is 0 Å². The van der Waals surface area contributed by atoms with Gasteiger partial charge in [-0.3, -0.25) is 4.79 Å². The number of aromatic nitrogens is 4. The van der Waals surface area contributed by atoms with Crippen LogP contribution in [0.4, 0.5) is 10.1 Å². The second kappa shape index (κ2) is 9.76. The fourth-order valence-corrected chi connectivity index (χ4v) is 3.11. The van der Waals surface area contributed by atoms with Crippen molar-refractivity contribution >= 4 is 34.2 Å². The molecule has 172 valence electrons. The maximum Gasteiger partial charge on any atom is 0.255 e. The first-order valence-electron chi connectivity index (χ1n) is 10.2. The molecule has 1 amide bonds. The lowest BCUT2D eigenvalue weighted by Gasteiger charge is -2.23. The van der Waals surface area contributed by atoms with Gasteiger partial charge in [0.1, 0.15) is 6.17 Å². The van der Waals surface area contributed by atoms with E-state index in [1.54, 1.807) is 18.3 Å². The number of nitrogens with zero attached hydrogens (tertiary/aromatic N) is 4. The first-order chi connectivity index (χ1) is 15.1. The molecule has 0 radical (unpaired) electrons. The summed E-state index contributed by atoms with van der Waals surface area (Å²) < 4.78 is 15.6. The summed E-state index contributed by atoms with van der Waals surface area (Å²) in [6.45, 7) is 4.04. The number of carbonyl (C=O) groups excluding carboxylic acids is 1. The monoisotopic (exact) mass is 464 g/mol. The summed E-state index contributed by atoms with van der Waals surface area (Å²) in [5.41, 5.74) is -0.497. The van der Waals surface area contributed by atoms with Gasteiger partial charge in [-0.15, -0.1) is 0 Å². The lowest BCUT2D eigenvalue weighted by atomic mass is 10.0. The highest BCUT2D eigenvalue weighted by Crippen LogP contribution is 2.23. The van der Waals surface area contributed by atoms with Crippen LogP contribution in [0, 0.1) is 0 Å². The molecule has 0 aromatic carbocycles. The predicted octanol–water partition coefficient (Wildman–Crippen LogP) is 2.49. The van der Waals surface area contributed by atoms with E-state index in [0.717, 1.165) is 5.39 Å². The summed E-state index contributed by atoms with van der Waals surface area (Å²) in [6.07, 6.45) is 3.40. The second-order valence-corrected chi connectivity index (χ2v) is 8.41. The van der Waals surface area contributed by atoms with Gasteiger partial charge in [-0.05, 0) is 26.3 Å². The Morgan fingerprint density at radius 1 is 1.28 bits per heavy atom. The van der Waals surface area contributed by atoms with Gasteiger partial charge in [-0.2, -0.15) is 9.78 Å². The average molecular weight is 465 g/mol. The molecule has 0 saturated carbocycles. The number of alkyl halides is 1. The van der Waals surface area contributed by atoms with Crippen LogP contribution in [-0.4, -0.2) is 66.8 Å². The summed E-state index contributed by atoms with van der Waals surface area (Å²) >= 11 is 5.99. The highest BCUT2D eigenvalue weighted by atomic mass is 35.5. The van der Waals surface area contributed by atoms with Crippen LogP contribution in [0.5, 0.6) is 0 Å². The molecule has 3 heterocycles. The van der Waals surface area contributed by atoms with Crippen molar-refractivity contribution in [1.29, 1.82) is 0 Å². The molecule has 0 spiro atoms. The van der Waals surface area contributed by atoms with E-state index in [1.165, 1.54) is 30.9 Å². The third-order valence-electron chi connectivity index (χ3n) is 5.01. The lowest BCUT2D eigenvalue weighted by molar-refractivity contribution is -0.00177. The predicted molar refractivity (Wildman–Crippen MR) is 120 cm³/mol. The van der Waals surface area contributed by atoms with Crippen molar-refractivity contribution in [3.8, 4) is 5.82 Å². The van der Waals surface area contributed by atoms with Crippen molar-refractivity contribution in [3.63, 3.8) is 0 Å². The highest BCUT2D eigenvalue weighted by molar-refractivity contribution is 6.31. The summed E-state index contributed by atoms with van der Waals surface area (Å²) in [6, 6.07) is 3.02. The number of rotatable bonds is 9. The SMILES string of the molecule is CC[C@@H](CO)Nc1cc(-n2ncc3cc(Cl)cnc32)ncc1C(=O)NC[C@@H](F)C(C)(C)O. The molecule has 0 saturated heterocycles. The molecular formula is C21H26ClFN6O3. The Hall–Kier alpha value is -2.82. The minimum Gasteiger partial charge on any atom is -0.394 e. The van der Waals surface area contributed by atoms with Crippen LogP contribution >= 0.6 is 11.6 Å². The number of pyridine rings is 2. The Bertz CT molecular complexity index is 1100. The van der Waals surface area contributed by atoms with E-state index in [0.29, 0.717) is 28.6 Å². The van der Waals surface area contributed by atoms with Gasteiger partial charge in [0, 0.05) is 29.9 Å². The van der Waals surface area contributed by atoms with Gasteiger partial charge in [0.15, 0.2) is 11.5 Å². The van der Waals surface area contributed by atoms with E-state index in [1.807, 2.05) is 6.92 Å². The van der Waals surface area contributed by atoms with Crippen LogP contribution < -0.4 is 10.6 Å². The van der Waals surface area contributed by atoms with Crippen LogP contribution in [0.25, 0.3) is 16.9 Å². The molecule has 0 unspecified atom stereocenters. The standard InChI is InChI=1S/C21H26ClFN6O3/c1-4-14(11-30)28-16-6-18(29-19-12(7-27-29)5-13(22)8-25-19)24-9-15(16)20(31)26-10-17(23)21(2,3)32/h5-9,14,17,30,32H,4,10-11H2,1-3H3,(H,24,28)(H,26,31)/t14-,17+/m0/s1. The molecule has 3 rings (SSSR count). The number of amides is 1. The third-order valence-corrected chi connectivity index (χ3v) is 5.21. The van der Waals surface area contributed by atoms with Crippen molar-refractivity contribution in [2.24, 2.45) is 0 Å². The van der Waals surface area contributed by atoms with Crippen molar-refractivity contribution in [2.45, 2.75) is 45.0 Å². The summed E-state index contributed by atoms with van der Waals surface area (Å²) in [4.78, 5) is 21.4. The number of hydrogen-bond acceptors (Lipinski definition) is 7. The average Bonchev–Trinajstić information content (AvgIpc) is 3.17. The lowest BCUT2D eigenvalue weighted by Crippen LogP contribution is -2.42. The van der Waals surface area contributed by atoms with E-state index >= 15 is 0 Å². The van der Waals surface area contributed by atoms with Gasteiger partial charge in [-0.1, -0.05) is 18.5 Å². The van der Waals surface area contributed by atoms with E-state index < -0.39 is 17.7 Å². The molecule has 11 heteroatoms. The number of halogens is 2. The largest absolute Gasteiger partial charge is 0.394 e. The van der Waals surface area contributed by atoms with Gasteiger partial charge in [0.05, 0.1) is 41.2 Å². The summed E-state index contributed by atoms with van der Waals surface area (Å²) in [5, 5.41) is 30.5. The van der Waals surface area contributed by atoms with Crippen LogP contribution in [0.1, 0.15) is 37.6 Å². The molecule has 0 aliphatic carbocycles. The number of nitrogens with one attached hydrogen (secondary N) is 2. The Morgan fingerprint density at radius 2 is 2.03 bits per heavy atom. The van der Waals surface area contributed by atoms with Crippen molar-refractivity contribution in [1.82, 2.24) is 25.1 Å². The zero-order valence-corrected chi connectivity index (χ0v) is 18.8. The van der Waals surface area contributed by atoms with E-state index in [-0.39, 0.29) is 24.8 Å². The number of aliphatic hydroxyl groups excluding tert-OH is 1. The quantitative estimate of drug-likeness (QED) is 0.383. The molecule has 0 aliphatic heterocycles. The van der Waals surface area contributed by atoms with E-state index in [9.17, 15) is 19.4 Å². The third kappa shape index (κ3) is 5.32. The molecule has 0 fully saturated rings. The number of carbonyl (C=O) groups is 1. The first-order valence-corrected chi connectivity index (χ1v) is 10.5. The Kier molecular flexibility index (Phi) is 7.27. The minimum absolute atomic E-state index is 0.148. The number of fused-ring (bicyclic) bond motifs is 1. The van der Waals surface area contributed by atoms with Crippen LogP contribution in [-0.2, 0) is 0 Å². The molecule has 3 aromatic heterocycles. The van der Waals surface area contributed by atoms with Crippen LogP contribution in [0.15, 0.2) is 30.7 Å². The fraction of sp³-hybridized carbons (Fsp3) is 0.429. The summed E-state index contributed by atoms with van der Waals surface area (Å²) in [7, 11) is 0. The molecule has 32 heavy (non-hydrogen) atoms. The Labute approximate surface area is 189 Å². The molecule has 9 nitrogen and oxygen atoms in total. The summed E-state index contributed by atoms with van der Waals surface area (Å²) in [5.74, 6) is -0.178. The normalized spacial score (nSPS) is 13.7. The highest BCUT2D eigenvalue weighted by Gasteiger charge is 2.27. The topological polar surface area (TPSA) is 125 Å². The smallest absolute Gasteiger partial charge is 0.255 e. The first kappa shape index (κ1) is 23.8. The van der Waals surface area contributed by atoms with Gasteiger partial charge >= 0.3 is 0 Å². The maximum absolute atomic E-state index is 14.1. The molecule has 0 aliphatic rings. The number of hydrogen-bond donors (Lipinski definition) is 4. The van der Waals surface area contributed by atoms with Gasteiger partial charge < -0.3 is 20.8 Å². The molecule has 0 bridgehead atoms. The van der Waals surface area contributed by atoms with Crippen LogP contribution in [0.3, 0.4) is 0 Å². The van der Waals surface area contributed by atoms with Crippen molar-refractivity contribution in [3.05, 3.63) is 41.3 Å². The molecule has 3 aromatic rings. The molecular weight excluding hydrogens is 439 g/mol. The van der Waals surface area contributed by atoms with Gasteiger partial charge in [-0.25, -0.2) is 14.4 Å². The van der Waals surface area contributed by atoms with E-state index in [2.05, 4.69) is 25.7 Å². The van der Waals surface area contributed by atoms with E-state index in [4.69, 9.17) is 11.6 Å².